The van der Waals surface area contributed by atoms with Crippen LogP contribution in [0, 0.1) is 23.0 Å². The van der Waals surface area contributed by atoms with E-state index in [0.717, 1.165) is 17.7 Å². The van der Waals surface area contributed by atoms with Gasteiger partial charge in [-0.3, -0.25) is 0 Å². The van der Waals surface area contributed by atoms with Crippen LogP contribution in [0.2, 0.25) is 5.02 Å². The second-order valence-corrected chi connectivity index (χ2v) is 5.12. The monoisotopic (exact) mass is 306 g/mol. The molecule has 0 aliphatic rings. The number of halogens is 3. The lowest BCUT2D eigenvalue weighted by Crippen LogP contribution is -2.24. The van der Waals surface area contributed by atoms with Crippen LogP contribution in [0.1, 0.15) is 24.1 Å². The normalized spacial score (nSPS) is 11.8. The Bertz CT molecular complexity index is 687. The summed E-state index contributed by atoms with van der Waals surface area (Å²) in [5.74, 6) is -1.54. The Hall–Kier alpha value is -2.12. The van der Waals surface area contributed by atoms with Gasteiger partial charge in [-0.05, 0) is 30.7 Å². The van der Waals surface area contributed by atoms with Crippen molar-refractivity contribution in [3.05, 3.63) is 64.2 Å². The molecule has 0 radical (unpaired) electrons. The third-order valence-electron chi connectivity index (χ3n) is 3.43. The molecular formula is C16H13ClF2N2. The van der Waals surface area contributed by atoms with E-state index in [1.165, 1.54) is 4.90 Å². The fourth-order valence-corrected chi connectivity index (χ4v) is 2.48. The highest BCUT2D eigenvalue weighted by atomic mass is 35.5. The summed E-state index contributed by atoms with van der Waals surface area (Å²) >= 11 is 6.12. The highest BCUT2D eigenvalue weighted by molar-refractivity contribution is 6.31. The summed E-state index contributed by atoms with van der Waals surface area (Å²) in [6, 6.07) is 10.6. The third kappa shape index (κ3) is 2.98. The van der Waals surface area contributed by atoms with E-state index in [1.54, 1.807) is 32.2 Å². The van der Waals surface area contributed by atoms with Gasteiger partial charge < -0.3 is 4.90 Å². The summed E-state index contributed by atoms with van der Waals surface area (Å²) in [5, 5.41) is 9.26. The van der Waals surface area contributed by atoms with Crippen LogP contribution < -0.4 is 4.90 Å². The first-order chi connectivity index (χ1) is 9.95. The highest BCUT2D eigenvalue weighted by Gasteiger charge is 2.21. The van der Waals surface area contributed by atoms with Crippen molar-refractivity contribution in [1.29, 1.82) is 5.26 Å². The maximum Gasteiger partial charge on any atom is 0.150 e. The smallest absolute Gasteiger partial charge is 0.150 e. The summed E-state index contributed by atoms with van der Waals surface area (Å²) in [5.41, 5.74) is 0.541. The lowest BCUT2D eigenvalue weighted by atomic mass is 10.1. The Morgan fingerprint density at radius 3 is 2.29 bits per heavy atom. The molecule has 0 bridgehead atoms. The number of hydrogen-bond donors (Lipinski definition) is 0. The average molecular weight is 307 g/mol. The minimum absolute atomic E-state index is 0.0486. The van der Waals surface area contributed by atoms with Gasteiger partial charge in [-0.25, -0.2) is 8.78 Å². The van der Waals surface area contributed by atoms with E-state index in [1.807, 2.05) is 12.1 Å². The van der Waals surface area contributed by atoms with Crippen LogP contribution in [-0.2, 0) is 0 Å². The van der Waals surface area contributed by atoms with Gasteiger partial charge >= 0.3 is 0 Å². The topological polar surface area (TPSA) is 27.0 Å². The lowest BCUT2D eigenvalue weighted by molar-refractivity contribution is 0.565. The molecule has 2 aromatic rings. The van der Waals surface area contributed by atoms with Crippen LogP contribution >= 0.6 is 11.6 Å². The number of anilines is 1. The van der Waals surface area contributed by atoms with Crippen molar-refractivity contribution in [2.75, 3.05) is 11.9 Å². The Labute approximate surface area is 127 Å². The van der Waals surface area contributed by atoms with E-state index in [4.69, 9.17) is 16.9 Å². The van der Waals surface area contributed by atoms with Gasteiger partial charge in [0.2, 0.25) is 0 Å². The first kappa shape index (κ1) is 15.3. The molecule has 0 heterocycles. The molecule has 2 nitrogen and oxygen atoms in total. The SMILES string of the molecule is CC(c1ccccc1Cl)N(C)c1c(F)cc(C#N)cc1F. The standard InChI is InChI=1S/C16H13ClF2N2/c1-10(12-5-3-4-6-13(12)17)21(2)16-14(18)7-11(9-20)8-15(16)19/h3-8,10H,1-2H3. The molecule has 5 heteroatoms. The molecule has 0 aliphatic heterocycles. The van der Waals surface area contributed by atoms with Gasteiger partial charge in [0.25, 0.3) is 0 Å². The number of hydrogen-bond acceptors (Lipinski definition) is 2. The maximum absolute atomic E-state index is 14.1. The van der Waals surface area contributed by atoms with E-state index in [2.05, 4.69) is 0 Å². The van der Waals surface area contributed by atoms with Gasteiger partial charge in [0.05, 0.1) is 17.7 Å². The van der Waals surface area contributed by atoms with Crippen molar-refractivity contribution in [3.8, 4) is 6.07 Å². The zero-order valence-electron chi connectivity index (χ0n) is 11.6. The largest absolute Gasteiger partial charge is 0.363 e. The molecule has 2 aromatic carbocycles. The molecule has 0 aromatic heterocycles. The van der Waals surface area contributed by atoms with Crippen LogP contribution in [0.3, 0.4) is 0 Å². The van der Waals surface area contributed by atoms with E-state index in [-0.39, 0.29) is 17.3 Å². The Kier molecular flexibility index (Phi) is 4.44. The summed E-state index contributed by atoms with van der Waals surface area (Å²) in [6.07, 6.45) is 0. The fourth-order valence-electron chi connectivity index (χ4n) is 2.18. The number of benzene rings is 2. The predicted molar refractivity (Wildman–Crippen MR) is 79.3 cm³/mol. The van der Waals surface area contributed by atoms with E-state index >= 15 is 0 Å². The second kappa shape index (κ2) is 6.11. The predicted octanol–water partition coefficient (Wildman–Crippen LogP) is 4.69. The number of nitrogens with zero attached hydrogens (tertiary/aromatic N) is 2. The molecule has 2 rings (SSSR count). The Balaban J connectivity index is 2.43. The fraction of sp³-hybridized carbons (Fsp3) is 0.188. The van der Waals surface area contributed by atoms with Gasteiger partial charge in [0.1, 0.15) is 5.69 Å². The molecule has 0 saturated heterocycles. The van der Waals surface area contributed by atoms with Gasteiger partial charge in [0.15, 0.2) is 11.6 Å². The van der Waals surface area contributed by atoms with Crippen molar-refractivity contribution in [1.82, 2.24) is 0 Å². The molecule has 0 aliphatic carbocycles. The zero-order chi connectivity index (χ0) is 15.6. The number of rotatable bonds is 3. The Morgan fingerprint density at radius 1 is 1.19 bits per heavy atom. The summed E-state index contributed by atoms with van der Waals surface area (Å²) < 4.78 is 28.1. The highest BCUT2D eigenvalue weighted by Crippen LogP contribution is 2.33. The summed E-state index contributed by atoms with van der Waals surface area (Å²) in [6.45, 7) is 1.80. The maximum atomic E-state index is 14.1. The summed E-state index contributed by atoms with van der Waals surface area (Å²) in [4.78, 5) is 1.47. The van der Waals surface area contributed by atoms with Gasteiger partial charge in [-0.2, -0.15) is 5.26 Å². The molecule has 0 N–H and O–H groups in total. The van der Waals surface area contributed by atoms with Crippen LogP contribution in [0.5, 0.6) is 0 Å². The van der Waals surface area contributed by atoms with Crippen molar-refractivity contribution < 1.29 is 8.78 Å². The van der Waals surface area contributed by atoms with Gasteiger partial charge in [0, 0.05) is 12.1 Å². The molecule has 1 atom stereocenters. The van der Waals surface area contributed by atoms with E-state index in [0.29, 0.717) is 5.02 Å². The minimum atomic E-state index is -0.770. The van der Waals surface area contributed by atoms with Crippen molar-refractivity contribution in [2.24, 2.45) is 0 Å². The average Bonchev–Trinajstić information content (AvgIpc) is 2.46. The minimum Gasteiger partial charge on any atom is -0.363 e. The van der Waals surface area contributed by atoms with E-state index < -0.39 is 11.6 Å². The number of nitriles is 1. The second-order valence-electron chi connectivity index (χ2n) is 4.71. The van der Waals surface area contributed by atoms with Crippen LogP contribution in [-0.4, -0.2) is 7.05 Å². The molecular weight excluding hydrogens is 294 g/mol. The quantitative estimate of drug-likeness (QED) is 0.822. The molecule has 108 valence electrons. The lowest BCUT2D eigenvalue weighted by Gasteiger charge is -2.28. The van der Waals surface area contributed by atoms with Gasteiger partial charge in [-0.15, -0.1) is 0 Å². The van der Waals surface area contributed by atoms with Crippen molar-refractivity contribution >= 4 is 17.3 Å². The third-order valence-corrected chi connectivity index (χ3v) is 3.78. The molecule has 0 spiro atoms. The summed E-state index contributed by atoms with van der Waals surface area (Å²) in [7, 11) is 1.58. The molecule has 1 unspecified atom stereocenters. The van der Waals surface area contributed by atoms with Gasteiger partial charge in [-0.1, -0.05) is 29.8 Å². The Morgan fingerprint density at radius 2 is 1.76 bits per heavy atom. The van der Waals surface area contributed by atoms with Crippen LogP contribution in [0.15, 0.2) is 36.4 Å². The van der Waals surface area contributed by atoms with Crippen molar-refractivity contribution in [3.63, 3.8) is 0 Å². The van der Waals surface area contributed by atoms with Crippen molar-refractivity contribution in [2.45, 2.75) is 13.0 Å². The first-order valence-electron chi connectivity index (χ1n) is 6.32. The molecule has 21 heavy (non-hydrogen) atoms. The molecule has 0 amide bonds. The molecule has 0 saturated carbocycles. The van der Waals surface area contributed by atoms with Crippen LogP contribution in [0.25, 0.3) is 0 Å². The zero-order valence-corrected chi connectivity index (χ0v) is 12.3. The molecule has 0 fully saturated rings. The van der Waals surface area contributed by atoms with E-state index in [9.17, 15) is 8.78 Å². The first-order valence-corrected chi connectivity index (χ1v) is 6.70. The van der Waals surface area contributed by atoms with Crippen LogP contribution in [0.4, 0.5) is 14.5 Å².